The molecule has 1 saturated heterocycles. The fourth-order valence-electron chi connectivity index (χ4n) is 3.33. The molecule has 142 valence electrons. The van der Waals surface area contributed by atoms with Gasteiger partial charge in [-0.25, -0.2) is 8.42 Å². The molecule has 2 aromatic carbocycles. The van der Waals surface area contributed by atoms with Gasteiger partial charge in [0, 0.05) is 16.9 Å². The average Bonchev–Trinajstić information content (AvgIpc) is 3.00. The van der Waals surface area contributed by atoms with Crippen LogP contribution in [-0.4, -0.2) is 44.2 Å². The van der Waals surface area contributed by atoms with Crippen LogP contribution in [0, 0.1) is 0 Å². The quantitative estimate of drug-likeness (QED) is 0.772. The SMILES string of the molecule is CC(=O)c1ccccc1NCC(=O)N(c1ccccc1)C1CCS(=O)(=O)C1. The first-order chi connectivity index (χ1) is 12.9. The van der Waals surface area contributed by atoms with Crippen LogP contribution in [0.5, 0.6) is 0 Å². The molecule has 1 aliphatic rings. The molecule has 3 rings (SSSR count). The Morgan fingerprint density at radius 1 is 1.07 bits per heavy atom. The fraction of sp³-hybridized carbons (Fsp3) is 0.300. The van der Waals surface area contributed by atoms with E-state index in [1.807, 2.05) is 18.2 Å². The molecule has 1 heterocycles. The monoisotopic (exact) mass is 386 g/mol. The summed E-state index contributed by atoms with van der Waals surface area (Å²) in [7, 11) is -3.13. The Kier molecular flexibility index (Phi) is 5.60. The molecule has 6 nitrogen and oxygen atoms in total. The maximum absolute atomic E-state index is 13.0. The summed E-state index contributed by atoms with van der Waals surface area (Å²) in [5.74, 6) is -0.263. The Labute approximate surface area is 159 Å². The second-order valence-corrected chi connectivity index (χ2v) is 8.84. The number of anilines is 2. The Morgan fingerprint density at radius 3 is 2.37 bits per heavy atom. The summed E-state index contributed by atoms with van der Waals surface area (Å²) in [6.07, 6.45) is 0.424. The number of nitrogens with zero attached hydrogens (tertiary/aromatic N) is 1. The minimum Gasteiger partial charge on any atom is -0.376 e. The molecule has 2 aromatic rings. The number of benzene rings is 2. The van der Waals surface area contributed by atoms with Crippen LogP contribution in [0.15, 0.2) is 54.6 Å². The van der Waals surface area contributed by atoms with Crippen molar-refractivity contribution >= 4 is 32.9 Å². The van der Waals surface area contributed by atoms with E-state index in [4.69, 9.17) is 0 Å². The molecule has 0 aromatic heterocycles. The van der Waals surface area contributed by atoms with Gasteiger partial charge in [-0.1, -0.05) is 30.3 Å². The number of hydrogen-bond donors (Lipinski definition) is 1. The van der Waals surface area contributed by atoms with Crippen molar-refractivity contribution in [2.45, 2.75) is 19.4 Å². The van der Waals surface area contributed by atoms with Crippen LogP contribution in [0.3, 0.4) is 0 Å². The minimum absolute atomic E-state index is 0.0301. The van der Waals surface area contributed by atoms with Crippen molar-refractivity contribution in [3.63, 3.8) is 0 Å². The maximum atomic E-state index is 13.0. The molecule has 1 N–H and O–H groups in total. The van der Waals surface area contributed by atoms with Gasteiger partial charge in [0.1, 0.15) is 0 Å². The molecule has 1 atom stereocenters. The third-order valence-electron chi connectivity index (χ3n) is 4.61. The Bertz CT molecular complexity index is 941. The molecule has 0 bridgehead atoms. The zero-order valence-corrected chi connectivity index (χ0v) is 15.9. The molecule has 0 saturated carbocycles. The third-order valence-corrected chi connectivity index (χ3v) is 6.36. The second-order valence-electron chi connectivity index (χ2n) is 6.61. The summed E-state index contributed by atoms with van der Waals surface area (Å²) < 4.78 is 23.8. The second kappa shape index (κ2) is 7.92. The molecule has 0 aliphatic carbocycles. The number of hydrogen-bond acceptors (Lipinski definition) is 5. The van der Waals surface area contributed by atoms with Crippen LogP contribution < -0.4 is 10.2 Å². The van der Waals surface area contributed by atoms with E-state index < -0.39 is 9.84 Å². The highest BCUT2D eigenvalue weighted by molar-refractivity contribution is 7.91. The van der Waals surface area contributed by atoms with E-state index in [1.165, 1.54) is 6.92 Å². The van der Waals surface area contributed by atoms with Crippen molar-refractivity contribution in [2.24, 2.45) is 0 Å². The molecule has 1 unspecified atom stereocenters. The molecule has 1 fully saturated rings. The van der Waals surface area contributed by atoms with Gasteiger partial charge in [0.05, 0.1) is 24.1 Å². The Hall–Kier alpha value is -2.67. The molecule has 0 spiro atoms. The molecular weight excluding hydrogens is 364 g/mol. The van der Waals surface area contributed by atoms with E-state index in [2.05, 4.69) is 5.32 Å². The first kappa shape index (κ1) is 19.1. The number of Topliss-reactive ketones (excluding diaryl/α,β-unsaturated/α-hetero) is 1. The zero-order chi connectivity index (χ0) is 19.4. The van der Waals surface area contributed by atoms with E-state index in [0.29, 0.717) is 23.4 Å². The normalized spacial score (nSPS) is 18.0. The number of amides is 1. The number of carbonyl (C=O) groups excluding carboxylic acids is 2. The Morgan fingerprint density at radius 2 is 1.74 bits per heavy atom. The molecule has 1 amide bonds. The summed E-state index contributed by atoms with van der Waals surface area (Å²) in [4.78, 5) is 26.3. The van der Waals surface area contributed by atoms with E-state index in [1.54, 1.807) is 41.3 Å². The number of para-hydroxylation sites is 2. The summed E-state index contributed by atoms with van der Waals surface area (Å²) >= 11 is 0. The molecule has 0 radical (unpaired) electrons. The van der Waals surface area contributed by atoms with Gasteiger partial charge in [-0.15, -0.1) is 0 Å². The lowest BCUT2D eigenvalue weighted by molar-refractivity contribution is -0.117. The van der Waals surface area contributed by atoms with Crippen LogP contribution in [-0.2, 0) is 14.6 Å². The van der Waals surface area contributed by atoms with Gasteiger partial charge in [-0.2, -0.15) is 0 Å². The zero-order valence-electron chi connectivity index (χ0n) is 15.1. The molecule has 27 heavy (non-hydrogen) atoms. The highest BCUT2D eigenvalue weighted by Gasteiger charge is 2.35. The summed E-state index contributed by atoms with van der Waals surface area (Å²) in [6, 6.07) is 15.7. The van der Waals surface area contributed by atoms with Crippen molar-refractivity contribution < 1.29 is 18.0 Å². The number of nitrogens with one attached hydrogen (secondary N) is 1. The lowest BCUT2D eigenvalue weighted by Crippen LogP contribution is -2.44. The number of rotatable bonds is 6. The molecule has 1 aliphatic heterocycles. The predicted octanol–water partition coefficient (Wildman–Crippen LogP) is 2.52. The van der Waals surface area contributed by atoms with Crippen LogP contribution in [0.4, 0.5) is 11.4 Å². The number of ketones is 1. The van der Waals surface area contributed by atoms with Gasteiger partial charge in [0.2, 0.25) is 5.91 Å². The first-order valence-corrected chi connectivity index (χ1v) is 10.6. The lowest BCUT2D eigenvalue weighted by Gasteiger charge is -2.28. The summed E-state index contributed by atoms with van der Waals surface area (Å²) in [5, 5.41) is 3.03. The fourth-order valence-corrected chi connectivity index (χ4v) is 5.03. The molecular formula is C20H22N2O4S. The molecule has 7 heteroatoms. The minimum atomic E-state index is -3.13. The van der Waals surface area contributed by atoms with E-state index in [9.17, 15) is 18.0 Å². The van der Waals surface area contributed by atoms with Crippen molar-refractivity contribution in [3.8, 4) is 0 Å². The van der Waals surface area contributed by atoms with Gasteiger partial charge in [0.25, 0.3) is 0 Å². The van der Waals surface area contributed by atoms with Crippen molar-refractivity contribution in [1.82, 2.24) is 0 Å². The highest BCUT2D eigenvalue weighted by Crippen LogP contribution is 2.25. The summed E-state index contributed by atoms with van der Waals surface area (Å²) in [5.41, 5.74) is 1.77. The maximum Gasteiger partial charge on any atom is 0.246 e. The average molecular weight is 386 g/mol. The van der Waals surface area contributed by atoms with Gasteiger partial charge < -0.3 is 10.2 Å². The topological polar surface area (TPSA) is 83.6 Å². The lowest BCUT2D eigenvalue weighted by atomic mass is 10.1. The standard InChI is InChI=1S/C20H22N2O4S/c1-15(23)18-9-5-6-10-19(18)21-13-20(24)22(16-7-3-2-4-8-16)17-11-12-27(25,26)14-17/h2-10,17,21H,11-14H2,1H3. The summed E-state index contributed by atoms with van der Waals surface area (Å²) in [6.45, 7) is 1.44. The van der Waals surface area contributed by atoms with E-state index >= 15 is 0 Å². The third kappa shape index (κ3) is 4.54. The van der Waals surface area contributed by atoms with Crippen LogP contribution >= 0.6 is 0 Å². The van der Waals surface area contributed by atoms with Crippen molar-refractivity contribution in [2.75, 3.05) is 28.3 Å². The first-order valence-electron chi connectivity index (χ1n) is 8.79. The Balaban J connectivity index is 1.81. The van der Waals surface area contributed by atoms with Crippen LogP contribution in [0.25, 0.3) is 0 Å². The van der Waals surface area contributed by atoms with Crippen molar-refractivity contribution in [3.05, 3.63) is 60.2 Å². The highest BCUT2D eigenvalue weighted by atomic mass is 32.2. The van der Waals surface area contributed by atoms with Gasteiger partial charge in [-0.05, 0) is 37.6 Å². The smallest absolute Gasteiger partial charge is 0.246 e. The van der Waals surface area contributed by atoms with E-state index in [0.717, 1.165) is 0 Å². The number of carbonyl (C=O) groups is 2. The van der Waals surface area contributed by atoms with Gasteiger partial charge in [0.15, 0.2) is 15.6 Å². The van der Waals surface area contributed by atoms with Crippen LogP contribution in [0.1, 0.15) is 23.7 Å². The predicted molar refractivity (Wildman–Crippen MR) is 106 cm³/mol. The largest absolute Gasteiger partial charge is 0.376 e. The van der Waals surface area contributed by atoms with Gasteiger partial charge in [-0.3, -0.25) is 9.59 Å². The number of sulfone groups is 1. The van der Waals surface area contributed by atoms with Crippen molar-refractivity contribution in [1.29, 1.82) is 0 Å². The van der Waals surface area contributed by atoms with Gasteiger partial charge >= 0.3 is 0 Å². The van der Waals surface area contributed by atoms with Crippen LogP contribution in [0.2, 0.25) is 0 Å². The van der Waals surface area contributed by atoms with E-state index in [-0.39, 0.29) is 35.8 Å².